The highest BCUT2D eigenvalue weighted by Crippen LogP contribution is 2.36. The maximum absolute atomic E-state index is 6.19. The van der Waals surface area contributed by atoms with Gasteiger partial charge < -0.3 is 14.6 Å². The Morgan fingerprint density at radius 3 is 2.48 bits per heavy atom. The molecule has 27 heavy (non-hydrogen) atoms. The molecule has 0 bridgehead atoms. The van der Waals surface area contributed by atoms with Gasteiger partial charge in [0.15, 0.2) is 0 Å². The lowest BCUT2D eigenvalue weighted by atomic mass is 10.1. The summed E-state index contributed by atoms with van der Waals surface area (Å²) in [4.78, 5) is 0. The molecule has 1 N–H and O–H groups in total. The van der Waals surface area contributed by atoms with E-state index in [1.54, 1.807) is 0 Å². The van der Waals surface area contributed by atoms with Crippen molar-refractivity contribution in [3.8, 4) is 5.75 Å². The Morgan fingerprint density at radius 2 is 1.63 bits per heavy atom. The zero-order chi connectivity index (χ0) is 18.1. The van der Waals surface area contributed by atoms with Gasteiger partial charge in [-0.3, -0.25) is 0 Å². The molecule has 1 saturated carbocycles. The molecule has 3 nitrogen and oxygen atoms in total. The molecule has 136 valence electrons. The van der Waals surface area contributed by atoms with Crippen LogP contribution in [-0.4, -0.2) is 23.8 Å². The van der Waals surface area contributed by atoms with E-state index in [-0.39, 0.29) is 0 Å². The molecule has 0 unspecified atom stereocenters. The largest absolute Gasteiger partial charge is 0.492 e. The van der Waals surface area contributed by atoms with E-state index in [4.69, 9.17) is 4.74 Å². The number of ether oxygens (including phenoxy) is 1. The van der Waals surface area contributed by atoms with Gasteiger partial charge in [0.25, 0.3) is 0 Å². The molecule has 5 rings (SSSR count). The average Bonchev–Trinajstić information content (AvgIpc) is 3.49. The van der Waals surface area contributed by atoms with Gasteiger partial charge in [-0.15, -0.1) is 0 Å². The number of aromatic nitrogens is 1. The van der Waals surface area contributed by atoms with Gasteiger partial charge in [0.1, 0.15) is 12.4 Å². The number of benzene rings is 3. The lowest BCUT2D eigenvalue weighted by Crippen LogP contribution is -2.22. The van der Waals surface area contributed by atoms with Gasteiger partial charge >= 0.3 is 0 Å². The molecular formula is C24H24N2O. The third-order valence-corrected chi connectivity index (χ3v) is 5.31. The monoisotopic (exact) mass is 356 g/mol. The van der Waals surface area contributed by atoms with E-state index in [1.165, 1.54) is 40.2 Å². The highest BCUT2D eigenvalue weighted by Gasteiger charge is 2.20. The van der Waals surface area contributed by atoms with Crippen LogP contribution in [0.3, 0.4) is 0 Å². The maximum Gasteiger partial charge on any atom is 0.129 e. The Kier molecular flexibility index (Phi) is 4.30. The molecule has 0 saturated heterocycles. The second-order valence-corrected chi connectivity index (χ2v) is 7.32. The summed E-state index contributed by atoms with van der Waals surface area (Å²) in [6.45, 7) is 2.47. The number of rotatable bonds is 7. The summed E-state index contributed by atoms with van der Waals surface area (Å²) in [5.41, 5.74) is 3.79. The van der Waals surface area contributed by atoms with Crippen LogP contribution in [0.25, 0.3) is 21.8 Å². The second kappa shape index (κ2) is 7.09. The van der Waals surface area contributed by atoms with Crippen LogP contribution in [0.4, 0.5) is 0 Å². The Bertz CT molecular complexity index is 1060. The number of para-hydroxylation sites is 1. The smallest absolute Gasteiger partial charge is 0.129 e. The maximum atomic E-state index is 6.19. The first kappa shape index (κ1) is 16.4. The van der Waals surface area contributed by atoms with Crippen molar-refractivity contribution in [3.05, 3.63) is 78.4 Å². The Hall–Kier alpha value is -2.78. The summed E-state index contributed by atoms with van der Waals surface area (Å²) >= 11 is 0. The molecule has 1 aliphatic rings. The van der Waals surface area contributed by atoms with Crippen LogP contribution in [0, 0.1) is 0 Å². The zero-order valence-electron chi connectivity index (χ0n) is 15.4. The van der Waals surface area contributed by atoms with E-state index in [1.807, 2.05) is 0 Å². The summed E-state index contributed by atoms with van der Waals surface area (Å²) in [6.07, 6.45) is 2.62. The fourth-order valence-corrected chi connectivity index (χ4v) is 3.83. The van der Waals surface area contributed by atoms with Crippen LogP contribution in [0.15, 0.2) is 72.8 Å². The first-order chi connectivity index (χ1) is 13.4. The van der Waals surface area contributed by atoms with Crippen molar-refractivity contribution in [1.82, 2.24) is 9.88 Å². The van der Waals surface area contributed by atoms with E-state index in [0.29, 0.717) is 6.61 Å². The third-order valence-electron chi connectivity index (χ3n) is 5.31. The summed E-state index contributed by atoms with van der Waals surface area (Å²) in [5.74, 6) is 0.980. The summed E-state index contributed by atoms with van der Waals surface area (Å²) in [7, 11) is 0. The minimum absolute atomic E-state index is 0.702. The number of nitrogens with zero attached hydrogens (tertiary/aromatic N) is 1. The fraction of sp³-hybridized carbons (Fsp3) is 0.250. The van der Waals surface area contributed by atoms with Crippen molar-refractivity contribution < 1.29 is 4.74 Å². The second-order valence-electron chi connectivity index (χ2n) is 7.32. The van der Waals surface area contributed by atoms with Gasteiger partial charge in [-0.05, 0) is 36.6 Å². The van der Waals surface area contributed by atoms with Crippen LogP contribution in [0.5, 0.6) is 5.75 Å². The van der Waals surface area contributed by atoms with E-state index in [9.17, 15) is 0 Å². The van der Waals surface area contributed by atoms with E-state index < -0.39 is 0 Å². The van der Waals surface area contributed by atoms with Crippen molar-refractivity contribution in [3.63, 3.8) is 0 Å². The summed E-state index contributed by atoms with van der Waals surface area (Å²) < 4.78 is 8.59. The number of fused-ring (bicyclic) bond motifs is 3. The van der Waals surface area contributed by atoms with Crippen molar-refractivity contribution in [1.29, 1.82) is 0 Å². The summed E-state index contributed by atoms with van der Waals surface area (Å²) in [6, 6.07) is 26.4. The predicted octanol–water partition coefficient (Wildman–Crippen LogP) is 4.97. The SMILES string of the molecule is c1ccc(Cn2c3ccccc3c3c(OCCNC4CC4)cccc32)cc1. The molecule has 0 spiro atoms. The molecule has 4 aromatic rings. The standard InChI is InChI=1S/C24H24N2O/c1-2-7-18(8-3-1)17-26-21-10-5-4-9-20(21)24-22(26)11-6-12-23(24)27-16-15-25-19-13-14-19/h1-12,19,25H,13-17H2. The lowest BCUT2D eigenvalue weighted by molar-refractivity contribution is 0.317. The Labute approximate surface area is 159 Å². The zero-order valence-corrected chi connectivity index (χ0v) is 15.4. The third kappa shape index (κ3) is 3.31. The Balaban J connectivity index is 1.54. The predicted molar refractivity (Wildman–Crippen MR) is 112 cm³/mol. The molecule has 1 heterocycles. The van der Waals surface area contributed by atoms with Crippen LogP contribution < -0.4 is 10.1 Å². The molecule has 0 radical (unpaired) electrons. The minimum atomic E-state index is 0.702. The van der Waals surface area contributed by atoms with Crippen molar-refractivity contribution in [2.45, 2.75) is 25.4 Å². The number of hydrogen-bond acceptors (Lipinski definition) is 2. The number of hydrogen-bond donors (Lipinski definition) is 1. The van der Waals surface area contributed by atoms with Gasteiger partial charge in [0.05, 0.1) is 5.52 Å². The van der Waals surface area contributed by atoms with Crippen molar-refractivity contribution in [2.75, 3.05) is 13.2 Å². The van der Waals surface area contributed by atoms with E-state index in [0.717, 1.165) is 24.9 Å². The van der Waals surface area contributed by atoms with Crippen LogP contribution in [0.1, 0.15) is 18.4 Å². The number of nitrogens with one attached hydrogen (secondary N) is 1. The molecule has 0 amide bonds. The van der Waals surface area contributed by atoms with Crippen molar-refractivity contribution in [2.24, 2.45) is 0 Å². The van der Waals surface area contributed by atoms with Crippen LogP contribution in [-0.2, 0) is 6.54 Å². The lowest BCUT2D eigenvalue weighted by Gasteiger charge is -2.10. The minimum Gasteiger partial charge on any atom is -0.492 e. The molecule has 1 aromatic heterocycles. The first-order valence-electron chi connectivity index (χ1n) is 9.80. The van der Waals surface area contributed by atoms with Gasteiger partial charge in [-0.2, -0.15) is 0 Å². The van der Waals surface area contributed by atoms with Crippen molar-refractivity contribution >= 4 is 21.8 Å². The first-order valence-corrected chi connectivity index (χ1v) is 9.80. The summed E-state index contributed by atoms with van der Waals surface area (Å²) in [5, 5.41) is 6.00. The molecule has 3 heteroatoms. The topological polar surface area (TPSA) is 26.2 Å². The van der Waals surface area contributed by atoms with Gasteiger partial charge in [0, 0.05) is 35.4 Å². The molecule has 1 aliphatic carbocycles. The highest BCUT2D eigenvalue weighted by atomic mass is 16.5. The van der Waals surface area contributed by atoms with E-state index in [2.05, 4.69) is 82.7 Å². The van der Waals surface area contributed by atoms with Crippen LogP contribution >= 0.6 is 0 Å². The normalized spacial score (nSPS) is 14.1. The molecule has 0 aliphatic heterocycles. The Morgan fingerprint density at radius 1 is 0.852 bits per heavy atom. The molecule has 3 aromatic carbocycles. The average molecular weight is 356 g/mol. The van der Waals surface area contributed by atoms with Crippen LogP contribution in [0.2, 0.25) is 0 Å². The fourth-order valence-electron chi connectivity index (χ4n) is 3.83. The van der Waals surface area contributed by atoms with Gasteiger partial charge in [0.2, 0.25) is 0 Å². The highest BCUT2D eigenvalue weighted by molar-refractivity contribution is 6.11. The molecular weight excluding hydrogens is 332 g/mol. The van der Waals surface area contributed by atoms with Gasteiger partial charge in [-0.25, -0.2) is 0 Å². The quantitative estimate of drug-likeness (QED) is 0.473. The molecule has 0 atom stereocenters. The molecule has 1 fully saturated rings. The van der Waals surface area contributed by atoms with E-state index >= 15 is 0 Å². The van der Waals surface area contributed by atoms with Gasteiger partial charge in [-0.1, -0.05) is 54.6 Å².